The fourth-order valence-corrected chi connectivity index (χ4v) is 3.45. The molecule has 29 heavy (non-hydrogen) atoms. The van der Waals surface area contributed by atoms with Crippen LogP contribution in [-0.2, 0) is 16.1 Å². The van der Waals surface area contributed by atoms with E-state index in [9.17, 15) is 9.59 Å². The minimum atomic E-state index is -0.674. The molecule has 0 saturated carbocycles. The summed E-state index contributed by atoms with van der Waals surface area (Å²) in [5.41, 5.74) is 1.47. The van der Waals surface area contributed by atoms with Gasteiger partial charge in [-0.1, -0.05) is 12.1 Å². The van der Waals surface area contributed by atoms with Gasteiger partial charge in [-0.05, 0) is 54.2 Å². The molecule has 1 fully saturated rings. The van der Waals surface area contributed by atoms with Crippen LogP contribution in [-0.4, -0.2) is 49.1 Å². The maximum Gasteiger partial charge on any atom is 0.257 e. The third kappa shape index (κ3) is 4.32. The number of thiocarbonyl (C=S) groups is 1. The van der Waals surface area contributed by atoms with Crippen LogP contribution >= 0.6 is 12.2 Å². The van der Waals surface area contributed by atoms with Crippen LogP contribution in [0, 0.1) is 0 Å². The lowest BCUT2D eigenvalue weighted by Gasteiger charge is -2.29. The molecule has 1 heterocycles. The van der Waals surface area contributed by atoms with Crippen LogP contribution in [0.15, 0.2) is 48.5 Å². The Bertz CT molecular complexity index is 899. The highest BCUT2D eigenvalue weighted by atomic mass is 32.1. The Labute approximate surface area is 175 Å². The molecule has 2 aromatic rings. The van der Waals surface area contributed by atoms with Crippen LogP contribution in [0.5, 0.6) is 11.5 Å². The number of imide groups is 1. The first-order chi connectivity index (χ1) is 14.0. The molecule has 1 N–H and O–H groups in total. The van der Waals surface area contributed by atoms with Gasteiger partial charge in [-0.25, -0.2) is 4.90 Å². The third-order valence-corrected chi connectivity index (χ3v) is 5.25. The number of nitrogens with zero attached hydrogens (tertiary/aromatic N) is 2. The standard InChI is InChI=1S/C21H23N3O4S/c1-22-21(29)23(13-14-4-8-16(27-2)9-5-14)18-12-19(25)24(20(18)26)15-6-10-17(28-3)11-7-15/h4-11,18H,12-13H2,1-3H3,(H,22,29)/t18-/m0/s1. The third-order valence-electron chi connectivity index (χ3n) is 4.82. The van der Waals surface area contributed by atoms with Crippen LogP contribution in [0.2, 0.25) is 0 Å². The zero-order valence-electron chi connectivity index (χ0n) is 16.5. The number of hydrogen-bond donors (Lipinski definition) is 1. The molecule has 8 heteroatoms. The van der Waals surface area contributed by atoms with Crippen LogP contribution in [0.3, 0.4) is 0 Å². The van der Waals surface area contributed by atoms with Crippen LogP contribution in [0.1, 0.15) is 12.0 Å². The molecule has 0 bridgehead atoms. The lowest BCUT2D eigenvalue weighted by Crippen LogP contribution is -2.48. The van der Waals surface area contributed by atoms with Gasteiger partial charge in [0.05, 0.1) is 26.3 Å². The molecule has 0 spiro atoms. The van der Waals surface area contributed by atoms with E-state index in [0.29, 0.717) is 23.1 Å². The van der Waals surface area contributed by atoms with E-state index < -0.39 is 6.04 Å². The zero-order chi connectivity index (χ0) is 21.0. The summed E-state index contributed by atoms with van der Waals surface area (Å²) in [7, 11) is 4.87. The van der Waals surface area contributed by atoms with Crippen LogP contribution < -0.4 is 19.7 Å². The van der Waals surface area contributed by atoms with Gasteiger partial charge >= 0.3 is 0 Å². The molecular formula is C21H23N3O4S. The van der Waals surface area contributed by atoms with Gasteiger partial charge in [0.25, 0.3) is 5.91 Å². The Morgan fingerprint density at radius 3 is 2.14 bits per heavy atom. The number of amides is 2. The SMILES string of the molecule is CNC(=S)N(Cc1ccc(OC)cc1)[C@H]1CC(=O)N(c2ccc(OC)cc2)C1=O. The zero-order valence-corrected chi connectivity index (χ0v) is 17.4. The summed E-state index contributed by atoms with van der Waals surface area (Å²) >= 11 is 5.43. The predicted octanol–water partition coefficient (Wildman–Crippen LogP) is 2.34. The highest BCUT2D eigenvalue weighted by Gasteiger charge is 2.43. The molecule has 3 rings (SSSR count). The highest BCUT2D eigenvalue weighted by Crippen LogP contribution is 2.28. The normalized spacial score (nSPS) is 16.0. The quantitative estimate of drug-likeness (QED) is 0.576. The summed E-state index contributed by atoms with van der Waals surface area (Å²) in [6.45, 7) is 0.393. The number of benzene rings is 2. The van der Waals surface area contributed by atoms with E-state index in [0.717, 1.165) is 11.3 Å². The van der Waals surface area contributed by atoms with E-state index in [-0.39, 0.29) is 18.2 Å². The van der Waals surface area contributed by atoms with Gasteiger partial charge < -0.3 is 19.7 Å². The van der Waals surface area contributed by atoms with Crippen molar-refractivity contribution in [3.63, 3.8) is 0 Å². The Hall–Kier alpha value is -3.13. The largest absolute Gasteiger partial charge is 0.497 e. The van der Waals surface area contributed by atoms with Gasteiger partial charge in [0.2, 0.25) is 5.91 Å². The second-order valence-electron chi connectivity index (χ2n) is 6.52. The number of carbonyl (C=O) groups is 2. The fraction of sp³-hybridized carbons (Fsp3) is 0.286. The van der Waals surface area contributed by atoms with Crippen molar-refractivity contribution in [3.8, 4) is 11.5 Å². The number of hydrogen-bond acceptors (Lipinski definition) is 5. The number of nitrogens with one attached hydrogen (secondary N) is 1. The molecule has 0 radical (unpaired) electrons. The Kier molecular flexibility index (Phi) is 6.33. The van der Waals surface area contributed by atoms with E-state index in [1.807, 2.05) is 24.3 Å². The van der Waals surface area contributed by atoms with Crippen molar-refractivity contribution in [2.45, 2.75) is 19.0 Å². The second-order valence-corrected chi connectivity index (χ2v) is 6.90. The van der Waals surface area contributed by atoms with Gasteiger partial charge in [-0.3, -0.25) is 9.59 Å². The molecule has 2 aromatic carbocycles. The van der Waals surface area contributed by atoms with E-state index >= 15 is 0 Å². The monoisotopic (exact) mass is 413 g/mol. The topological polar surface area (TPSA) is 71.1 Å². The summed E-state index contributed by atoms with van der Waals surface area (Å²) in [4.78, 5) is 28.8. The van der Waals surface area contributed by atoms with Crippen molar-refractivity contribution in [2.75, 3.05) is 26.2 Å². The lowest BCUT2D eigenvalue weighted by atomic mass is 10.1. The summed E-state index contributed by atoms with van der Waals surface area (Å²) in [5.74, 6) is 0.839. The molecule has 152 valence electrons. The molecule has 2 amide bonds. The van der Waals surface area contributed by atoms with Gasteiger partial charge in [0.15, 0.2) is 5.11 Å². The average molecular weight is 413 g/mol. The minimum Gasteiger partial charge on any atom is -0.497 e. The average Bonchev–Trinajstić information content (AvgIpc) is 3.05. The smallest absolute Gasteiger partial charge is 0.257 e. The first-order valence-electron chi connectivity index (χ1n) is 9.10. The molecular weight excluding hydrogens is 390 g/mol. The Morgan fingerprint density at radius 1 is 1.07 bits per heavy atom. The Morgan fingerprint density at radius 2 is 1.62 bits per heavy atom. The van der Waals surface area contributed by atoms with Crippen molar-refractivity contribution in [1.29, 1.82) is 0 Å². The molecule has 1 saturated heterocycles. The highest BCUT2D eigenvalue weighted by molar-refractivity contribution is 7.80. The predicted molar refractivity (Wildman–Crippen MR) is 114 cm³/mol. The van der Waals surface area contributed by atoms with Crippen molar-refractivity contribution < 1.29 is 19.1 Å². The molecule has 0 unspecified atom stereocenters. The first kappa shape index (κ1) is 20.6. The van der Waals surface area contributed by atoms with E-state index in [2.05, 4.69) is 5.32 Å². The first-order valence-corrected chi connectivity index (χ1v) is 9.51. The number of ether oxygens (including phenoxy) is 2. The summed E-state index contributed by atoms with van der Waals surface area (Å²) < 4.78 is 10.3. The summed E-state index contributed by atoms with van der Waals surface area (Å²) in [6.07, 6.45) is 0.0584. The van der Waals surface area contributed by atoms with E-state index in [4.69, 9.17) is 21.7 Å². The van der Waals surface area contributed by atoms with Gasteiger partial charge in [0, 0.05) is 13.6 Å². The summed E-state index contributed by atoms with van der Waals surface area (Å²) in [5, 5.41) is 3.33. The van der Waals surface area contributed by atoms with Crippen molar-refractivity contribution >= 4 is 34.8 Å². The minimum absolute atomic E-state index is 0.0584. The Balaban J connectivity index is 1.84. The van der Waals surface area contributed by atoms with Gasteiger partial charge in [-0.2, -0.15) is 0 Å². The van der Waals surface area contributed by atoms with E-state index in [1.165, 1.54) is 4.90 Å². The number of anilines is 1. The second kappa shape index (κ2) is 8.91. The number of rotatable bonds is 6. The lowest BCUT2D eigenvalue weighted by molar-refractivity contribution is -0.122. The molecule has 1 aliphatic rings. The van der Waals surface area contributed by atoms with Crippen LogP contribution in [0.25, 0.3) is 0 Å². The molecule has 1 atom stereocenters. The molecule has 0 aliphatic carbocycles. The van der Waals surface area contributed by atoms with E-state index in [1.54, 1.807) is 50.4 Å². The molecule has 0 aromatic heterocycles. The van der Waals surface area contributed by atoms with Crippen LogP contribution in [0.4, 0.5) is 5.69 Å². The maximum atomic E-state index is 13.1. The van der Waals surface area contributed by atoms with Crippen molar-refractivity contribution in [3.05, 3.63) is 54.1 Å². The van der Waals surface area contributed by atoms with Crippen molar-refractivity contribution in [2.24, 2.45) is 0 Å². The maximum absolute atomic E-state index is 13.1. The number of carbonyl (C=O) groups excluding carboxylic acids is 2. The molecule has 1 aliphatic heterocycles. The summed E-state index contributed by atoms with van der Waals surface area (Å²) in [6, 6.07) is 13.7. The number of methoxy groups -OCH3 is 2. The van der Waals surface area contributed by atoms with Crippen molar-refractivity contribution in [1.82, 2.24) is 10.2 Å². The fourth-order valence-electron chi connectivity index (χ4n) is 3.26. The molecule has 7 nitrogen and oxygen atoms in total. The van der Waals surface area contributed by atoms with Gasteiger partial charge in [-0.15, -0.1) is 0 Å². The van der Waals surface area contributed by atoms with Gasteiger partial charge in [0.1, 0.15) is 17.5 Å².